The summed E-state index contributed by atoms with van der Waals surface area (Å²) in [4.78, 5) is 0. The molecule has 0 aromatic heterocycles. The zero-order valence-electron chi connectivity index (χ0n) is 22.2. The molecule has 3 aromatic rings. The summed E-state index contributed by atoms with van der Waals surface area (Å²) in [5.74, 6) is 0. The quantitative estimate of drug-likeness (QED) is 0.149. The second-order valence-corrected chi connectivity index (χ2v) is 10.6. The van der Waals surface area contributed by atoms with Gasteiger partial charge in [-0.15, -0.1) is 0 Å². The minimum Gasteiger partial charge on any atom is -0.354 e. The normalized spacial score (nSPS) is 16.7. The lowest BCUT2D eigenvalue weighted by molar-refractivity contribution is 0.962. The van der Waals surface area contributed by atoms with Crippen molar-refractivity contribution in [1.29, 1.82) is 0 Å². The Kier molecular flexibility index (Phi) is 9.48. The fraction of sp³-hybridized carbons (Fsp3) is 0.0588. The van der Waals surface area contributed by atoms with Gasteiger partial charge in [0.2, 0.25) is 0 Å². The first-order valence-electron chi connectivity index (χ1n) is 12.8. The van der Waals surface area contributed by atoms with Crippen LogP contribution in [0.15, 0.2) is 158 Å². The van der Waals surface area contributed by atoms with Crippen LogP contribution in [0.25, 0.3) is 0 Å². The third kappa shape index (κ3) is 8.28. The number of nitrogens with one attached hydrogen (secondary N) is 4. The van der Waals surface area contributed by atoms with Crippen LogP contribution in [0.3, 0.4) is 0 Å². The minimum absolute atomic E-state index is 0.159. The highest BCUT2D eigenvalue weighted by atomic mass is 27.0. The first-order chi connectivity index (χ1) is 19.0. The molecule has 0 aliphatic heterocycles. The highest BCUT2D eigenvalue weighted by molar-refractivity contribution is 6.18. The molecule has 4 nitrogen and oxygen atoms in total. The van der Waals surface area contributed by atoms with E-state index < -0.39 is 0 Å². The Morgan fingerprint density at radius 1 is 0.769 bits per heavy atom. The van der Waals surface area contributed by atoms with Gasteiger partial charge in [0.05, 0.1) is 22.7 Å². The molecular formula is C34H33AlN4. The smallest absolute Gasteiger partial charge is 0.142 e. The van der Waals surface area contributed by atoms with Crippen molar-refractivity contribution in [1.82, 2.24) is 0 Å². The molecule has 0 heterocycles. The Morgan fingerprint density at radius 2 is 1.36 bits per heavy atom. The summed E-state index contributed by atoms with van der Waals surface area (Å²) in [5, 5.41) is 14.4. The summed E-state index contributed by atoms with van der Waals surface area (Å²) in [7, 11) is 0. The predicted octanol–water partition coefficient (Wildman–Crippen LogP) is 9.17. The minimum atomic E-state index is -0.159. The highest BCUT2D eigenvalue weighted by Gasteiger charge is 2.15. The molecule has 1 atom stereocenters. The molecule has 0 fully saturated rings. The largest absolute Gasteiger partial charge is 0.354 e. The molecule has 4 N–H and O–H groups in total. The number of para-hydroxylation sites is 2. The first-order valence-corrected chi connectivity index (χ1v) is 13.4. The molecule has 1 unspecified atom stereocenters. The summed E-state index contributed by atoms with van der Waals surface area (Å²) < 4.78 is -0.159. The van der Waals surface area contributed by atoms with Crippen LogP contribution in [-0.2, 0) is 0 Å². The Hall–Kier alpha value is -4.43. The maximum atomic E-state index is 3.88. The van der Waals surface area contributed by atoms with Crippen LogP contribution >= 0.6 is 0 Å². The summed E-state index contributed by atoms with van der Waals surface area (Å²) in [6.45, 7) is 9.84. The number of hydrogen-bond acceptors (Lipinski definition) is 4. The number of anilines is 6. The van der Waals surface area contributed by atoms with Crippen molar-refractivity contribution in [3.63, 3.8) is 0 Å². The molecule has 2 radical (unpaired) electrons. The van der Waals surface area contributed by atoms with Gasteiger partial charge in [0.15, 0.2) is 0 Å². The van der Waals surface area contributed by atoms with Gasteiger partial charge in [-0.05, 0) is 54.6 Å². The van der Waals surface area contributed by atoms with Gasteiger partial charge >= 0.3 is 0 Å². The molecule has 0 amide bonds. The van der Waals surface area contributed by atoms with Crippen molar-refractivity contribution in [2.75, 3.05) is 21.3 Å². The van der Waals surface area contributed by atoms with Gasteiger partial charge in [0, 0.05) is 22.8 Å². The van der Waals surface area contributed by atoms with Gasteiger partial charge in [0.25, 0.3) is 0 Å². The van der Waals surface area contributed by atoms with Crippen LogP contribution in [0.2, 0.25) is 4.28 Å². The van der Waals surface area contributed by atoms with Crippen molar-refractivity contribution in [3.05, 3.63) is 158 Å². The second kappa shape index (κ2) is 13.4. The third-order valence-electron chi connectivity index (χ3n) is 5.84. The molecule has 1 aliphatic rings. The average Bonchev–Trinajstić information content (AvgIpc) is 3.10. The SMILES string of the molecule is C=C/C=C\C(=C/C=C)Nc1cc(Nc2ccccc2)c(NC2=C[C](C)([Al])C=CC=C2)cc1Nc1ccccc1. The van der Waals surface area contributed by atoms with Crippen molar-refractivity contribution in [3.8, 4) is 0 Å². The maximum absolute atomic E-state index is 3.88. The summed E-state index contributed by atoms with van der Waals surface area (Å²) in [6, 6.07) is 24.5. The van der Waals surface area contributed by atoms with Gasteiger partial charge in [-0.3, -0.25) is 0 Å². The number of rotatable bonds is 11. The third-order valence-corrected chi connectivity index (χ3v) is 6.20. The number of allylic oxidation sites excluding steroid dienone is 10. The number of hydrogen-bond donors (Lipinski definition) is 4. The Labute approximate surface area is 240 Å². The van der Waals surface area contributed by atoms with Crippen molar-refractivity contribution in [2.45, 2.75) is 11.2 Å². The molecule has 3 aromatic carbocycles. The van der Waals surface area contributed by atoms with Gasteiger partial charge in [0.1, 0.15) is 16.3 Å². The Bertz CT molecular complexity index is 1450. The second-order valence-electron chi connectivity index (χ2n) is 9.31. The first kappa shape index (κ1) is 27.6. The van der Waals surface area contributed by atoms with Crippen LogP contribution in [0.5, 0.6) is 0 Å². The van der Waals surface area contributed by atoms with Crippen LogP contribution in [-0.4, -0.2) is 16.3 Å². The van der Waals surface area contributed by atoms with Crippen LogP contribution < -0.4 is 21.3 Å². The molecule has 0 saturated heterocycles. The van der Waals surface area contributed by atoms with E-state index in [9.17, 15) is 0 Å². The van der Waals surface area contributed by atoms with E-state index in [1.807, 2.05) is 66.8 Å². The zero-order valence-corrected chi connectivity index (χ0v) is 23.3. The van der Waals surface area contributed by atoms with Crippen molar-refractivity contribution in [2.24, 2.45) is 0 Å². The molecule has 5 heteroatoms. The lowest BCUT2D eigenvalue weighted by Crippen LogP contribution is -2.08. The van der Waals surface area contributed by atoms with Crippen LogP contribution in [0, 0.1) is 0 Å². The van der Waals surface area contributed by atoms with Crippen molar-refractivity contribution < 1.29 is 0 Å². The van der Waals surface area contributed by atoms with E-state index in [-0.39, 0.29) is 4.28 Å². The molecule has 0 saturated carbocycles. The lowest BCUT2D eigenvalue weighted by atomic mass is 10.1. The maximum Gasteiger partial charge on any atom is 0.142 e. The van der Waals surface area contributed by atoms with Crippen LogP contribution in [0.4, 0.5) is 34.1 Å². The van der Waals surface area contributed by atoms with E-state index in [1.54, 1.807) is 12.2 Å². The molecule has 192 valence electrons. The van der Waals surface area contributed by atoms with E-state index in [0.29, 0.717) is 0 Å². The Balaban J connectivity index is 1.83. The van der Waals surface area contributed by atoms with Crippen LogP contribution in [0.1, 0.15) is 6.92 Å². The summed E-state index contributed by atoms with van der Waals surface area (Å²) >= 11 is 2.91. The standard InChI is InChI=1S/C34H33N4.Al/c1-4-6-17-27(15-5-2)35-31-24-33(37-29-20-11-8-12-21-29)34(38-30-22-14-13-16-26(3)23-30)25-32(31)36-28-18-9-7-10-19-28;/h4-25,35-38H,1-2H2,3H3;/b17-6-,27-15+;. The fourth-order valence-corrected chi connectivity index (χ4v) is 4.34. The van der Waals surface area contributed by atoms with E-state index in [1.165, 1.54) is 0 Å². The highest BCUT2D eigenvalue weighted by Crippen LogP contribution is 2.39. The van der Waals surface area contributed by atoms with E-state index in [2.05, 4.69) is 112 Å². The topological polar surface area (TPSA) is 48.1 Å². The van der Waals surface area contributed by atoms with Gasteiger partial charge in [-0.1, -0.05) is 103 Å². The lowest BCUT2D eigenvalue weighted by Gasteiger charge is -2.22. The summed E-state index contributed by atoms with van der Waals surface area (Å²) in [5.41, 5.74) is 7.52. The predicted molar refractivity (Wildman–Crippen MR) is 171 cm³/mol. The molecule has 4 rings (SSSR count). The number of benzene rings is 3. The average molecular weight is 525 g/mol. The molecule has 1 aliphatic carbocycles. The zero-order chi connectivity index (χ0) is 27.5. The Morgan fingerprint density at radius 3 is 1.97 bits per heavy atom. The molecule has 39 heavy (non-hydrogen) atoms. The fourth-order valence-electron chi connectivity index (χ4n) is 4.05. The van der Waals surface area contributed by atoms with E-state index in [4.69, 9.17) is 0 Å². The van der Waals surface area contributed by atoms with Crippen molar-refractivity contribution >= 4 is 50.4 Å². The van der Waals surface area contributed by atoms with Gasteiger partial charge in [-0.25, -0.2) is 0 Å². The molecular weight excluding hydrogens is 491 g/mol. The van der Waals surface area contributed by atoms with Gasteiger partial charge in [-0.2, -0.15) is 0 Å². The van der Waals surface area contributed by atoms with E-state index in [0.717, 1.165) is 45.5 Å². The van der Waals surface area contributed by atoms with E-state index >= 15 is 0 Å². The summed E-state index contributed by atoms with van der Waals surface area (Å²) in [6.07, 6.45) is 19.9. The van der Waals surface area contributed by atoms with Gasteiger partial charge < -0.3 is 21.3 Å². The molecule has 0 bridgehead atoms. The molecule has 0 spiro atoms. The monoisotopic (exact) mass is 524 g/mol.